The van der Waals surface area contributed by atoms with Gasteiger partial charge in [-0.3, -0.25) is 14.4 Å². The summed E-state index contributed by atoms with van der Waals surface area (Å²) in [5.74, 6) is -1.73. The van der Waals surface area contributed by atoms with E-state index in [0.29, 0.717) is 22.8 Å². The van der Waals surface area contributed by atoms with Crippen LogP contribution in [0.5, 0.6) is 5.75 Å². The van der Waals surface area contributed by atoms with Crippen molar-refractivity contribution in [1.82, 2.24) is 15.0 Å². The van der Waals surface area contributed by atoms with Crippen LogP contribution in [0.25, 0.3) is 22.8 Å². The number of alkyl halides is 3. The van der Waals surface area contributed by atoms with Gasteiger partial charge in [-0.1, -0.05) is 47.6 Å². The van der Waals surface area contributed by atoms with E-state index in [4.69, 9.17) is 9.26 Å². The molecule has 2 amide bonds. The number of benzene rings is 4. The molecule has 0 radical (unpaired) electrons. The van der Waals surface area contributed by atoms with Crippen molar-refractivity contribution in [3.05, 3.63) is 119 Å². The molecule has 1 heterocycles. The quantitative estimate of drug-likeness (QED) is 0.161. The van der Waals surface area contributed by atoms with Gasteiger partial charge in [0.15, 0.2) is 0 Å². The smallest absolute Gasteiger partial charge is 0.416 e. The second kappa shape index (κ2) is 14.2. The lowest BCUT2D eigenvalue weighted by Crippen LogP contribution is -2.35. The molecule has 0 fully saturated rings. The lowest BCUT2D eigenvalue weighted by Gasteiger charge is -2.21. The van der Waals surface area contributed by atoms with Gasteiger partial charge in [0.05, 0.1) is 19.1 Å². The summed E-state index contributed by atoms with van der Waals surface area (Å²) in [6.07, 6.45) is -5.24. The number of carboxylic acid groups (broad SMARTS) is 1. The Morgan fingerprint density at radius 3 is 2.31 bits per heavy atom. The summed E-state index contributed by atoms with van der Waals surface area (Å²) in [6.45, 7) is 1.35. The van der Waals surface area contributed by atoms with Crippen LogP contribution in [0.15, 0.2) is 95.5 Å². The molecule has 0 spiro atoms. The summed E-state index contributed by atoms with van der Waals surface area (Å²) in [6, 6.07) is 23.5. The number of nitrogens with zero attached hydrogens (tertiary/aromatic N) is 3. The molecular weight excluding hydrogens is 629 g/mol. The molecule has 0 aliphatic rings. The van der Waals surface area contributed by atoms with E-state index in [2.05, 4.69) is 15.5 Å². The molecule has 13 heteroatoms. The number of aryl methyl sites for hydroxylation is 1. The number of carbonyl (C=O) groups is 3. The Morgan fingerprint density at radius 1 is 0.958 bits per heavy atom. The van der Waals surface area contributed by atoms with Gasteiger partial charge in [-0.25, -0.2) is 0 Å². The fourth-order valence-corrected chi connectivity index (χ4v) is 4.97. The summed E-state index contributed by atoms with van der Waals surface area (Å²) in [5, 5.41) is 16.1. The Balaban J connectivity index is 1.24. The number of methoxy groups -OCH3 is 1. The Kier molecular flexibility index (Phi) is 9.88. The van der Waals surface area contributed by atoms with Gasteiger partial charge in [0.2, 0.25) is 11.7 Å². The molecule has 0 aliphatic carbocycles. The zero-order chi connectivity index (χ0) is 34.4. The number of nitrogens with one attached hydrogen (secondary N) is 1. The summed E-state index contributed by atoms with van der Waals surface area (Å²) >= 11 is 0. The van der Waals surface area contributed by atoms with Crippen molar-refractivity contribution >= 4 is 23.5 Å². The Hall–Kier alpha value is -5.98. The molecule has 0 atom stereocenters. The molecular formula is C35H29F3N4O6. The second-order valence-electron chi connectivity index (χ2n) is 10.8. The summed E-state index contributed by atoms with van der Waals surface area (Å²) < 4.78 is 50.9. The third-order valence-corrected chi connectivity index (χ3v) is 7.39. The van der Waals surface area contributed by atoms with Crippen molar-refractivity contribution in [1.29, 1.82) is 0 Å². The average Bonchev–Trinajstić information content (AvgIpc) is 3.54. The molecule has 5 aromatic rings. The number of carboxylic acids is 1. The highest BCUT2D eigenvalue weighted by Gasteiger charge is 2.34. The topological polar surface area (TPSA) is 135 Å². The molecule has 0 unspecified atom stereocenters. The van der Waals surface area contributed by atoms with E-state index >= 15 is 0 Å². The van der Waals surface area contributed by atoms with Gasteiger partial charge in [0.1, 0.15) is 12.3 Å². The Bertz CT molecular complexity index is 1940. The van der Waals surface area contributed by atoms with E-state index in [-0.39, 0.29) is 29.1 Å². The predicted molar refractivity (Wildman–Crippen MR) is 169 cm³/mol. The number of carbonyl (C=O) groups excluding carboxylic acids is 2. The van der Waals surface area contributed by atoms with E-state index < -0.39 is 42.5 Å². The summed E-state index contributed by atoms with van der Waals surface area (Å²) in [4.78, 5) is 43.2. The van der Waals surface area contributed by atoms with Gasteiger partial charge in [0, 0.05) is 28.9 Å². The third-order valence-electron chi connectivity index (χ3n) is 7.39. The highest BCUT2D eigenvalue weighted by molar-refractivity contribution is 5.97. The normalized spacial score (nSPS) is 11.2. The Labute approximate surface area is 272 Å². The first kappa shape index (κ1) is 33.4. The number of rotatable bonds is 11. The molecule has 0 saturated heterocycles. The van der Waals surface area contributed by atoms with Crippen LogP contribution in [0.1, 0.15) is 32.6 Å². The van der Waals surface area contributed by atoms with Crippen molar-refractivity contribution in [2.75, 3.05) is 19.0 Å². The van der Waals surface area contributed by atoms with Crippen LogP contribution >= 0.6 is 0 Å². The molecule has 48 heavy (non-hydrogen) atoms. The van der Waals surface area contributed by atoms with E-state index in [1.807, 2.05) is 31.2 Å². The average molecular weight is 659 g/mol. The monoisotopic (exact) mass is 658 g/mol. The number of aromatic nitrogens is 2. The minimum atomic E-state index is -4.68. The van der Waals surface area contributed by atoms with Crippen molar-refractivity contribution in [2.45, 2.75) is 26.1 Å². The molecule has 246 valence electrons. The van der Waals surface area contributed by atoms with E-state index in [0.717, 1.165) is 22.1 Å². The van der Waals surface area contributed by atoms with Gasteiger partial charge < -0.3 is 24.6 Å². The van der Waals surface area contributed by atoms with E-state index in [1.54, 1.807) is 24.3 Å². The van der Waals surface area contributed by atoms with Crippen molar-refractivity contribution in [3.63, 3.8) is 0 Å². The number of hydrogen-bond donors (Lipinski definition) is 2. The van der Waals surface area contributed by atoms with Gasteiger partial charge in [-0.05, 0) is 72.1 Å². The first-order valence-corrected chi connectivity index (χ1v) is 14.6. The van der Waals surface area contributed by atoms with E-state index in [9.17, 15) is 32.7 Å². The fourth-order valence-electron chi connectivity index (χ4n) is 4.97. The number of amides is 2. The van der Waals surface area contributed by atoms with Gasteiger partial charge in [-0.2, -0.15) is 18.2 Å². The maximum absolute atomic E-state index is 13.5. The molecule has 0 aliphatic heterocycles. The largest absolute Gasteiger partial charge is 0.497 e. The maximum atomic E-state index is 13.5. The SMILES string of the molecule is COc1ccc(CC(=O)Nc2ccc(C(=O)N(CC(=O)O)Cc3ccc(-c4nc(-c5ccccc5C)no4)cc3)cc2)c(C(F)(F)F)c1. The molecule has 0 bridgehead atoms. The molecule has 4 aromatic carbocycles. The lowest BCUT2D eigenvalue weighted by molar-refractivity contribution is -0.139. The fraction of sp³-hybridized carbons (Fsp3) is 0.171. The third kappa shape index (κ3) is 8.05. The van der Waals surface area contributed by atoms with Crippen LogP contribution in [0.3, 0.4) is 0 Å². The highest BCUT2D eigenvalue weighted by atomic mass is 19.4. The zero-order valence-electron chi connectivity index (χ0n) is 25.7. The van der Waals surface area contributed by atoms with Crippen LogP contribution in [0, 0.1) is 6.92 Å². The number of ether oxygens (including phenoxy) is 1. The molecule has 2 N–H and O–H groups in total. The summed E-state index contributed by atoms with van der Waals surface area (Å²) in [5.41, 5.74) is 2.31. The van der Waals surface area contributed by atoms with Crippen LogP contribution in [-0.4, -0.2) is 51.6 Å². The maximum Gasteiger partial charge on any atom is 0.416 e. The second-order valence-corrected chi connectivity index (χ2v) is 10.8. The van der Waals surface area contributed by atoms with Crippen LogP contribution < -0.4 is 10.1 Å². The molecule has 0 saturated carbocycles. The standard InChI is InChI=1S/C35H29F3N4O6/c1-21-5-3-4-6-28(21)32-40-33(48-41-32)23-9-7-22(8-10-23)19-42(20-31(44)45)34(46)24-11-14-26(15-12-24)39-30(43)17-25-13-16-27(47-2)18-29(25)35(36,37)38/h3-16,18H,17,19-20H2,1-2H3,(H,39,43)(H,44,45). The van der Waals surface area contributed by atoms with Crippen molar-refractivity contribution < 1.29 is 41.9 Å². The number of anilines is 1. The van der Waals surface area contributed by atoms with Crippen LogP contribution in [0.4, 0.5) is 18.9 Å². The highest BCUT2D eigenvalue weighted by Crippen LogP contribution is 2.35. The summed E-state index contributed by atoms with van der Waals surface area (Å²) in [7, 11) is 1.25. The molecule has 1 aromatic heterocycles. The minimum Gasteiger partial charge on any atom is -0.497 e. The van der Waals surface area contributed by atoms with Gasteiger partial charge in [-0.15, -0.1) is 0 Å². The number of aliphatic carboxylic acids is 1. The first-order valence-electron chi connectivity index (χ1n) is 14.6. The minimum absolute atomic E-state index is 0.0112. The van der Waals surface area contributed by atoms with Crippen LogP contribution in [0.2, 0.25) is 0 Å². The number of halogens is 3. The lowest BCUT2D eigenvalue weighted by atomic mass is 10.0. The van der Waals surface area contributed by atoms with Gasteiger partial charge >= 0.3 is 12.1 Å². The van der Waals surface area contributed by atoms with E-state index in [1.165, 1.54) is 43.5 Å². The molecule has 10 nitrogen and oxygen atoms in total. The van der Waals surface area contributed by atoms with Crippen molar-refractivity contribution in [2.24, 2.45) is 0 Å². The van der Waals surface area contributed by atoms with Crippen LogP contribution in [-0.2, 0) is 28.7 Å². The molecule has 5 rings (SSSR count). The van der Waals surface area contributed by atoms with Crippen molar-refractivity contribution in [3.8, 4) is 28.6 Å². The first-order chi connectivity index (χ1) is 22.9. The van der Waals surface area contributed by atoms with Gasteiger partial charge in [0.25, 0.3) is 11.8 Å². The zero-order valence-corrected chi connectivity index (χ0v) is 25.7. The Morgan fingerprint density at radius 2 is 1.67 bits per heavy atom. The number of hydrogen-bond acceptors (Lipinski definition) is 7. The predicted octanol–water partition coefficient (Wildman–Crippen LogP) is 6.65.